The van der Waals surface area contributed by atoms with Gasteiger partial charge in [-0.25, -0.2) is 9.78 Å². The lowest BCUT2D eigenvalue weighted by atomic mass is 9.86. The predicted molar refractivity (Wildman–Crippen MR) is 108 cm³/mol. The molecule has 0 aliphatic heterocycles. The van der Waals surface area contributed by atoms with Gasteiger partial charge in [-0.2, -0.15) is 0 Å². The van der Waals surface area contributed by atoms with Crippen molar-refractivity contribution in [1.82, 2.24) is 4.98 Å². The normalized spacial score (nSPS) is 12.0. The Kier molecular flexibility index (Phi) is 3.81. The van der Waals surface area contributed by atoms with Gasteiger partial charge in [-0.1, -0.05) is 45.0 Å². The summed E-state index contributed by atoms with van der Waals surface area (Å²) in [4.78, 5) is 17.6. The summed E-state index contributed by atoms with van der Waals surface area (Å²) in [5.41, 5.74) is 2.77. The molecule has 0 saturated carbocycles. The molecule has 4 aromatic rings. The van der Waals surface area contributed by atoms with Gasteiger partial charge in [-0.05, 0) is 46.7 Å². The fraction of sp³-hybridized carbons (Fsp3) is 0.182. The lowest BCUT2D eigenvalue weighted by Crippen LogP contribution is -2.11. The number of rotatable bonds is 2. The van der Waals surface area contributed by atoms with Crippen molar-refractivity contribution in [2.75, 3.05) is 0 Å². The number of carboxylic acid groups (broad SMARTS) is 1. The first kappa shape index (κ1) is 16.7. The topological polar surface area (TPSA) is 50.2 Å². The summed E-state index contributed by atoms with van der Waals surface area (Å²) < 4.78 is 1.17. The summed E-state index contributed by atoms with van der Waals surface area (Å²) in [5, 5.41) is 11.6. The van der Waals surface area contributed by atoms with Crippen LogP contribution in [0.4, 0.5) is 0 Å². The van der Waals surface area contributed by atoms with Crippen LogP contribution in [0.3, 0.4) is 0 Å². The van der Waals surface area contributed by atoms with Gasteiger partial charge >= 0.3 is 5.97 Å². The summed E-state index contributed by atoms with van der Waals surface area (Å²) in [7, 11) is 0. The van der Waals surface area contributed by atoms with Crippen LogP contribution >= 0.6 is 11.3 Å². The van der Waals surface area contributed by atoms with Crippen LogP contribution in [0.5, 0.6) is 0 Å². The standard InChI is InChI=1S/C22H19NO2S/c1-22(2,3)14-8-9-17-15(11-14)16(21(24)25)12-18(23-17)20-10-13-6-4-5-7-19(13)26-20/h4-12H,1-3H3,(H,24,25). The van der Waals surface area contributed by atoms with E-state index in [9.17, 15) is 9.90 Å². The predicted octanol–water partition coefficient (Wildman–Crippen LogP) is 6.11. The van der Waals surface area contributed by atoms with E-state index in [1.54, 1.807) is 17.4 Å². The zero-order valence-electron chi connectivity index (χ0n) is 14.9. The molecule has 2 aromatic heterocycles. The van der Waals surface area contributed by atoms with Gasteiger partial charge in [0.1, 0.15) is 0 Å². The molecule has 0 atom stereocenters. The molecule has 130 valence electrons. The van der Waals surface area contributed by atoms with Crippen LogP contribution in [0.25, 0.3) is 31.6 Å². The molecule has 0 aliphatic rings. The molecule has 1 N–H and O–H groups in total. The third-order valence-electron chi connectivity index (χ3n) is 4.58. The number of pyridine rings is 1. The highest BCUT2D eigenvalue weighted by Gasteiger charge is 2.18. The molecule has 0 aliphatic carbocycles. The van der Waals surface area contributed by atoms with Crippen LogP contribution in [0.2, 0.25) is 0 Å². The molecule has 2 heterocycles. The second-order valence-corrected chi connectivity index (χ2v) is 8.57. The Hall–Kier alpha value is -2.72. The van der Waals surface area contributed by atoms with Crippen molar-refractivity contribution in [3.63, 3.8) is 0 Å². The Morgan fingerprint density at radius 2 is 1.81 bits per heavy atom. The molecule has 26 heavy (non-hydrogen) atoms. The fourth-order valence-electron chi connectivity index (χ4n) is 3.10. The summed E-state index contributed by atoms with van der Waals surface area (Å²) in [5.74, 6) is -0.925. The van der Waals surface area contributed by atoms with E-state index < -0.39 is 5.97 Å². The fourth-order valence-corrected chi connectivity index (χ4v) is 4.13. The molecule has 4 heteroatoms. The quantitative estimate of drug-likeness (QED) is 0.468. The molecule has 0 fully saturated rings. The third-order valence-corrected chi connectivity index (χ3v) is 5.72. The number of thiophene rings is 1. The van der Waals surface area contributed by atoms with Crippen molar-refractivity contribution in [3.05, 3.63) is 65.7 Å². The van der Waals surface area contributed by atoms with E-state index in [-0.39, 0.29) is 5.41 Å². The maximum Gasteiger partial charge on any atom is 0.336 e. The number of aromatic carboxylic acids is 1. The van der Waals surface area contributed by atoms with E-state index in [1.165, 1.54) is 4.70 Å². The van der Waals surface area contributed by atoms with Gasteiger partial charge in [0.15, 0.2) is 0 Å². The minimum absolute atomic E-state index is 0.0475. The third kappa shape index (κ3) is 2.86. The molecular formula is C22H19NO2S. The van der Waals surface area contributed by atoms with Crippen LogP contribution in [0.15, 0.2) is 54.6 Å². The van der Waals surface area contributed by atoms with Crippen molar-refractivity contribution < 1.29 is 9.90 Å². The zero-order chi connectivity index (χ0) is 18.5. The Bertz CT molecular complexity index is 1120. The van der Waals surface area contributed by atoms with Crippen LogP contribution < -0.4 is 0 Å². The number of fused-ring (bicyclic) bond motifs is 2. The highest BCUT2D eigenvalue weighted by Crippen LogP contribution is 2.35. The van der Waals surface area contributed by atoms with E-state index in [4.69, 9.17) is 4.98 Å². The minimum atomic E-state index is -0.925. The molecule has 4 rings (SSSR count). The maximum atomic E-state index is 11.9. The molecule has 0 unspecified atom stereocenters. The van der Waals surface area contributed by atoms with Gasteiger partial charge in [0.05, 0.1) is 21.7 Å². The number of benzene rings is 2. The van der Waals surface area contributed by atoms with Gasteiger partial charge in [-0.3, -0.25) is 0 Å². The highest BCUT2D eigenvalue weighted by molar-refractivity contribution is 7.22. The number of carbonyl (C=O) groups is 1. The average molecular weight is 361 g/mol. The molecule has 0 amide bonds. The van der Waals surface area contributed by atoms with Crippen molar-refractivity contribution in [2.45, 2.75) is 26.2 Å². The summed E-state index contributed by atoms with van der Waals surface area (Å²) in [6.07, 6.45) is 0. The lowest BCUT2D eigenvalue weighted by Gasteiger charge is -2.19. The van der Waals surface area contributed by atoms with Crippen molar-refractivity contribution in [3.8, 4) is 10.6 Å². The Morgan fingerprint density at radius 3 is 2.50 bits per heavy atom. The number of aromatic nitrogens is 1. The molecule has 0 radical (unpaired) electrons. The van der Waals surface area contributed by atoms with Crippen molar-refractivity contribution >= 4 is 38.3 Å². The van der Waals surface area contributed by atoms with Crippen LogP contribution in [0.1, 0.15) is 36.7 Å². The first-order chi connectivity index (χ1) is 12.3. The lowest BCUT2D eigenvalue weighted by molar-refractivity contribution is 0.0699. The van der Waals surface area contributed by atoms with Gasteiger partial charge < -0.3 is 5.11 Å². The van der Waals surface area contributed by atoms with Crippen LogP contribution in [0, 0.1) is 0 Å². The van der Waals surface area contributed by atoms with Gasteiger partial charge in [0, 0.05) is 10.1 Å². The van der Waals surface area contributed by atoms with E-state index in [0.717, 1.165) is 15.8 Å². The van der Waals surface area contributed by atoms with Gasteiger partial charge in [0.2, 0.25) is 0 Å². The van der Waals surface area contributed by atoms with Crippen molar-refractivity contribution in [2.24, 2.45) is 0 Å². The number of hydrogen-bond donors (Lipinski definition) is 1. The Labute approximate surface area is 155 Å². The van der Waals surface area contributed by atoms with Crippen LogP contribution in [-0.2, 0) is 5.41 Å². The molecule has 2 aromatic carbocycles. The maximum absolute atomic E-state index is 11.9. The molecular weight excluding hydrogens is 342 g/mol. The number of carboxylic acids is 1. The molecule has 0 saturated heterocycles. The monoisotopic (exact) mass is 361 g/mol. The van der Waals surface area contributed by atoms with E-state index in [0.29, 0.717) is 22.2 Å². The summed E-state index contributed by atoms with van der Waals surface area (Å²) in [6, 6.07) is 17.8. The summed E-state index contributed by atoms with van der Waals surface area (Å²) >= 11 is 1.63. The number of nitrogens with zero attached hydrogens (tertiary/aromatic N) is 1. The van der Waals surface area contributed by atoms with Gasteiger partial charge in [0.25, 0.3) is 0 Å². The molecule has 3 nitrogen and oxygen atoms in total. The van der Waals surface area contributed by atoms with Gasteiger partial charge in [-0.15, -0.1) is 11.3 Å². The van der Waals surface area contributed by atoms with Crippen molar-refractivity contribution in [1.29, 1.82) is 0 Å². The Balaban J connectivity index is 1.96. The minimum Gasteiger partial charge on any atom is -0.478 e. The van der Waals surface area contributed by atoms with Crippen LogP contribution in [-0.4, -0.2) is 16.1 Å². The SMILES string of the molecule is CC(C)(C)c1ccc2nc(-c3cc4ccccc4s3)cc(C(=O)O)c2c1. The van der Waals surface area contributed by atoms with E-state index >= 15 is 0 Å². The highest BCUT2D eigenvalue weighted by atomic mass is 32.1. The molecule has 0 spiro atoms. The first-order valence-electron chi connectivity index (χ1n) is 8.50. The zero-order valence-corrected chi connectivity index (χ0v) is 15.7. The average Bonchev–Trinajstić information content (AvgIpc) is 3.03. The second kappa shape index (κ2) is 5.92. The smallest absolute Gasteiger partial charge is 0.336 e. The first-order valence-corrected chi connectivity index (χ1v) is 9.32. The second-order valence-electron chi connectivity index (χ2n) is 7.49. The largest absolute Gasteiger partial charge is 0.478 e. The number of hydrogen-bond acceptors (Lipinski definition) is 3. The molecule has 0 bridgehead atoms. The Morgan fingerprint density at radius 1 is 1.04 bits per heavy atom. The summed E-state index contributed by atoms with van der Waals surface area (Å²) in [6.45, 7) is 6.36. The van der Waals surface area contributed by atoms with E-state index in [2.05, 4.69) is 39.0 Å². The van der Waals surface area contributed by atoms with E-state index in [1.807, 2.05) is 30.3 Å².